The summed E-state index contributed by atoms with van der Waals surface area (Å²) in [5, 5.41) is 4.28. The third kappa shape index (κ3) is 2.94. The van der Waals surface area contributed by atoms with E-state index in [1.54, 1.807) is 13.3 Å². The predicted molar refractivity (Wildman–Crippen MR) is 74.7 cm³/mol. The van der Waals surface area contributed by atoms with E-state index in [4.69, 9.17) is 10.6 Å². The van der Waals surface area contributed by atoms with Crippen LogP contribution < -0.4 is 16.0 Å². The highest BCUT2D eigenvalue weighted by molar-refractivity contribution is 5.34. The van der Waals surface area contributed by atoms with Crippen LogP contribution in [0.25, 0.3) is 0 Å². The van der Waals surface area contributed by atoms with Crippen LogP contribution in [0, 0.1) is 0 Å². The largest absolute Gasteiger partial charge is 0.496 e. The second kappa shape index (κ2) is 6.36. The van der Waals surface area contributed by atoms with Crippen molar-refractivity contribution in [3.8, 4) is 5.75 Å². The number of rotatable bonds is 6. The molecule has 19 heavy (non-hydrogen) atoms. The number of hydrogen-bond acceptors (Lipinski definition) is 4. The van der Waals surface area contributed by atoms with Crippen molar-refractivity contribution in [3.05, 3.63) is 47.8 Å². The molecule has 2 rings (SSSR count). The fourth-order valence-electron chi connectivity index (χ4n) is 2.24. The molecule has 5 heteroatoms. The van der Waals surface area contributed by atoms with Gasteiger partial charge in [-0.1, -0.05) is 18.2 Å². The highest BCUT2D eigenvalue weighted by Crippen LogP contribution is 2.24. The number of nitrogens with two attached hydrogens (primary N) is 1. The molecule has 1 atom stereocenters. The quantitative estimate of drug-likeness (QED) is 0.612. The number of hydrogen-bond donors (Lipinski definition) is 2. The van der Waals surface area contributed by atoms with Crippen molar-refractivity contribution in [2.45, 2.75) is 25.9 Å². The molecule has 1 aromatic heterocycles. The SMILES string of the molecule is CCn1nccc1C(Cc1ccccc1OC)NN. The molecule has 1 unspecified atom stereocenters. The summed E-state index contributed by atoms with van der Waals surface area (Å²) in [5.74, 6) is 6.57. The first-order chi connectivity index (χ1) is 9.30. The Morgan fingerprint density at radius 1 is 1.37 bits per heavy atom. The van der Waals surface area contributed by atoms with Gasteiger partial charge in [0.2, 0.25) is 0 Å². The van der Waals surface area contributed by atoms with Crippen LogP contribution in [0.2, 0.25) is 0 Å². The number of nitrogens with one attached hydrogen (secondary N) is 1. The average Bonchev–Trinajstić information content (AvgIpc) is 2.93. The normalized spacial score (nSPS) is 12.4. The lowest BCUT2D eigenvalue weighted by molar-refractivity contribution is 0.403. The summed E-state index contributed by atoms with van der Waals surface area (Å²) in [7, 11) is 1.68. The molecule has 0 fully saturated rings. The molecule has 2 aromatic rings. The van der Waals surface area contributed by atoms with Crippen LogP contribution in [0.1, 0.15) is 24.2 Å². The molecule has 0 saturated carbocycles. The van der Waals surface area contributed by atoms with E-state index in [1.807, 2.05) is 28.9 Å². The van der Waals surface area contributed by atoms with Crippen molar-refractivity contribution in [1.29, 1.82) is 0 Å². The van der Waals surface area contributed by atoms with Crippen molar-refractivity contribution in [2.24, 2.45) is 5.84 Å². The second-order valence-corrected chi connectivity index (χ2v) is 4.31. The predicted octanol–water partition coefficient (Wildman–Crippen LogP) is 1.66. The van der Waals surface area contributed by atoms with Gasteiger partial charge in [0.05, 0.1) is 18.8 Å². The number of aromatic nitrogens is 2. The summed E-state index contributed by atoms with van der Waals surface area (Å²) in [4.78, 5) is 0. The number of methoxy groups -OCH3 is 1. The van der Waals surface area contributed by atoms with Crippen molar-refractivity contribution < 1.29 is 4.74 Å². The molecule has 0 saturated heterocycles. The topological polar surface area (TPSA) is 65.1 Å². The maximum Gasteiger partial charge on any atom is 0.122 e. The van der Waals surface area contributed by atoms with E-state index in [0.717, 1.165) is 30.0 Å². The molecule has 0 radical (unpaired) electrons. The van der Waals surface area contributed by atoms with Gasteiger partial charge in [0.1, 0.15) is 5.75 Å². The van der Waals surface area contributed by atoms with Crippen LogP contribution >= 0.6 is 0 Å². The maximum atomic E-state index is 5.70. The van der Waals surface area contributed by atoms with Crippen LogP contribution in [-0.4, -0.2) is 16.9 Å². The minimum atomic E-state index is 0.0127. The minimum Gasteiger partial charge on any atom is -0.496 e. The molecule has 1 heterocycles. The van der Waals surface area contributed by atoms with Gasteiger partial charge in [0.15, 0.2) is 0 Å². The number of hydrazine groups is 1. The van der Waals surface area contributed by atoms with Crippen LogP contribution in [-0.2, 0) is 13.0 Å². The number of nitrogens with zero attached hydrogens (tertiary/aromatic N) is 2. The Labute approximate surface area is 113 Å². The van der Waals surface area contributed by atoms with E-state index in [2.05, 4.69) is 23.5 Å². The highest BCUT2D eigenvalue weighted by Gasteiger charge is 2.16. The zero-order valence-corrected chi connectivity index (χ0v) is 11.3. The molecule has 0 spiro atoms. The molecule has 0 bridgehead atoms. The third-order valence-corrected chi connectivity index (χ3v) is 3.22. The maximum absolute atomic E-state index is 5.70. The lowest BCUT2D eigenvalue weighted by atomic mass is 10.0. The third-order valence-electron chi connectivity index (χ3n) is 3.22. The van der Waals surface area contributed by atoms with E-state index < -0.39 is 0 Å². The van der Waals surface area contributed by atoms with Gasteiger partial charge in [-0.15, -0.1) is 0 Å². The molecule has 102 valence electrons. The van der Waals surface area contributed by atoms with Gasteiger partial charge in [-0.05, 0) is 31.0 Å². The Morgan fingerprint density at radius 3 is 2.84 bits per heavy atom. The molecule has 0 aliphatic carbocycles. The van der Waals surface area contributed by atoms with Crippen LogP contribution in [0.5, 0.6) is 5.75 Å². The van der Waals surface area contributed by atoms with E-state index >= 15 is 0 Å². The van der Waals surface area contributed by atoms with Crippen molar-refractivity contribution in [2.75, 3.05) is 7.11 Å². The number of aryl methyl sites for hydroxylation is 1. The van der Waals surface area contributed by atoms with Gasteiger partial charge < -0.3 is 4.74 Å². The summed E-state index contributed by atoms with van der Waals surface area (Å²) in [6, 6.07) is 9.98. The van der Waals surface area contributed by atoms with Crippen molar-refractivity contribution >= 4 is 0 Å². The van der Waals surface area contributed by atoms with Gasteiger partial charge in [-0.3, -0.25) is 16.0 Å². The summed E-state index contributed by atoms with van der Waals surface area (Å²) in [5.41, 5.74) is 5.06. The monoisotopic (exact) mass is 260 g/mol. The van der Waals surface area contributed by atoms with Crippen molar-refractivity contribution in [3.63, 3.8) is 0 Å². The minimum absolute atomic E-state index is 0.0127. The summed E-state index contributed by atoms with van der Waals surface area (Å²) in [6.45, 7) is 2.89. The number of benzene rings is 1. The van der Waals surface area contributed by atoms with Crippen LogP contribution in [0.15, 0.2) is 36.5 Å². The van der Waals surface area contributed by atoms with E-state index in [1.165, 1.54) is 0 Å². The van der Waals surface area contributed by atoms with Gasteiger partial charge >= 0.3 is 0 Å². The average molecular weight is 260 g/mol. The lowest BCUT2D eigenvalue weighted by Crippen LogP contribution is -2.31. The van der Waals surface area contributed by atoms with E-state index in [0.29, 0.717) is 0 Å². The van der Waals surface area contributed by atoms with Crippen LogP contribution in [0.3, 0.4) is 0 Å². The van der Waals surface area contributed by atoms with Crippen molar-refractivity contribution in [1.82, 2.24) is 15.2 Å². The summed E-state index contributed by atoms with van der Waals surface area (Å²) < 4.78 is 7.32. The molecule has 0 aliphatic heterocycles. The second-order valence-electron chi connectivity index (χ2n) is 4.31. The molecular formula is C14H20N4O. The Kier molecular flexibility index (Phi) is 4.54. The Balaban J connectivity index is 2.24. The molecule has 5 nitrogen and oxygen atoms in total. The number of para-hydroxylation sites is 1. The molecule has 1 aromatic carbocycles. The van der Waals surface area contributed by atoms with Crippen LogP contribution in [0.4, 0.5) is 0 Å². The summed E-state index contributed by atoms with van der Waals surface area (Å²) in [6.07, 6.45) is 2.55. The zero-order valence-electron chi connectivity index (χ0n) is 11.3. The molecule has 3 N–H and O–H groups in total. The summed E-state index contributed by atoms with van der Waals surface area (Å²) >= 11 is 0. The Bertz CT molecular complexity index is 524. The van der Waals surface area contributed by atoms with Gasteiger partial charge in [-0.2, -0.15) is 5.10 Å². The van der Waals surface area contributed by atoms with Gasteiger partial charge in [0.25, 0.3) is 0 Å². The first kappa shape index (κ1) is 13.6. The molecule has 0 aliphatic rings. The fraction of sp³-hybridized carbons (Fsp3) is 0.357. The molecular weight excluding hydrogens is 240 g/mol. The van der Waals surface area contributed by atoms with Gasteiger partial charge in [0, 0.05) is 12.7 Å². The van der Waals surface area contributed by atoms with Gasteiger partial charge in [-0.25, -0.2) is 0 Å². The van der Waals surface area contributed by atoms with E-state index in [-0.39, 0.29) is 6.04 Å². The Hall–Kier alpha value is -1.85. The fourth-order valence-corrected chi connectivity index (χ4v) is 2.24. The van der Waals surface area contributed by atoms with E-state index in [9.17, 15) is 0 Å². The zero-order chi connectivity index (χ0) is 13.7. The Morgan fingerprint density at radius 2 is 2.16 bits per heavy atom. The first-order valence-electron chi connectivity index (χ1n) is 6.39. The highest BCUT2D eigenvalue weighted by atomic mass is 16.5. The molecule has 0 amide bonds. The lowest BCUT2D eigenvalue weighted by Gasteiger charge is -2.18. The first-order valence-corrected chi connectivity index (χ1v) is 6.39. The number of ether oxygens (including phenoxy) is 1. The smallest absolute Gasteiger partial charge is 0.122 e. The standard InChI is InChI=1S/C14H20N4O/c1-3-18-13(8-9-16-18)12(17-15)10-11-6-4-5-7-14(11)19-2/h4-9,12,17H,3,10,15H2,1-2H3.